The SMILES string of the molecule is Cc1nn(-c2ccccc2)c(C)c1CN(C)C(=O)c1cc2ccccc2s1. The maximum absolute atomic E-state index is 12.9. The number of nitrogens with zero attached hydrogens (tertiary/aromatic N) is 3. The molecule has 27 heavy (non-hydrogen) atoms. The van der Waals surface area contributed by atoms with E-state index in [2.05, 4.69) is 18.1 Å². The minimum Gasteiger partial charge on any atom is -0.337 e. The fourth-order valence-corrected chi connectivity index (χ4v) is 4.37. The van der Waals surface area contributed by atoms with Gasteiger partial charge >= 0.3 is 0 Å². The molecule has 2 heterocycles. The van der Waals surface area contributed by atoms with Gasteiger partial charge in [0.25, 0.3) is 5.91 Å². The van der Waals surface area contributed by atoms with Crippen LogP contribution in [0.15, 0.2) is 60.7 Å². The molecule has 4 aromatic rings. The van der Waals surface area contributed by atoms with E-state index in [0.717, 1.165) is 37.6 Å². The van der Waals surface area contributed by atoms with Crippen LogP contribution in [0.25, 0.3) is 15.8 Å². The first kappa shape index (κ1) is 17.5. The van der Waals surface area contributed by atoms with E-state index >= 15 is 0 Å². The molecular formula is C22H21N3OS. The van der Waals surface area contributed by atoms with Gasteiger partial charge in [-0.2, -0.15) is 5.10 Å². The zero-order valence-corrected chi connectivity index (χ0v) is 16.5. The number of benzene rings is 2. The molecule has 0 unspecified atom stereocenters. The van der Waals surface area contributed by atoms with E-state index < -0.39 is 0 Å². The third kappa shape index (κ3) is 3.26. The highest BCUT2D eigenvalue weighted by Crippen LogP contribution is 2.27. The highest BCUT2D eigenvalue weighted by atomic mass is 32.1. The van der Waals surface area contributed by atoms with Crippen LogP contribution in [0.3, 0.4) is 0 Å². The summed E-state index contributed by atoms with van der Waals surface area (Å²) in [5, 5.41) is 5.80. The van der Waals surface area contributed by atoms with Gasteiger partial charge in [0.1, 0.15) is 0 Å². The molecule has 2 aromatic carbocycles. The van der Waals surface area contributed by atoms with Gasteiger partial charge in [-0.3, -0.25) is 4.79 Å². The van der Waals surface area contributed by atoms with Crippen LogP contribution in [0, 0.1) is 13.8 Å². The summed E-state index contributed by atoms with van der Waals surface area (Å²) < 4.78 is 3.08. The second kappa shape index (κ2) is 7.00. The Kier molecular flexibility index (Phi) is 4.54. The third-order valence-corrected chi connectivity index (χ3v) is 5.92. The maximum Gasteiger partial charge on any atom is 0.264 e. The van der Waals surface area contributed by atoms with Gasteiger partial charge in [0.05, 0.1) is 16.3 Å². The summed E-state index contributed by atoms with van der Waals surface area (Å²) in [4.78, 5) is 15.5. The number of aryl methyl sites for hydroxylation is 1. The van der Waals surface area contributed by atoms with Crippen molar-refractivity contribution in [1.29, 1.82) is 0 Å². The number of hydrogen-bond donors (Lipinski definition) is 0. The minimum absolute atomic E-state index is 0.0439. The second-order valence-corrected chi connectivity index (χ2v) is 7.79. The summed E-state index contributed by atoms with van der Waals surface area (Å²) in [6.45, 7) is 4.59. The molecule has 2 aromatic heterocycles. The Morgan fingerprint density at radius 3 is 2.52 bits per heavy atom. The Balaban J connectivity index is 1.60. The van der Waals surface area contributed by atoms with Crippen molar-refractivity contribution in [1.82, 2.24) is 14.7 Å². The number of para-hydroxylation sites is 1. The summed E-state index contributed by atoms with van der Waals surface area (Å²) in [6, 6.07) is 20.1. The molecule has 136 valence electrons. The molecule has 0 N–H and O–H groups in total. The van der Waals surface area contributed by atoms with Crippen LogP contribution in [0.2, 0.25) is 0 Å². The molecule has 4 nitrogen and oxygen atoms in total. The van der Waals surface area contributed by atoms with Gasteiger partial charge in [0.2, 0.25) is 0 Å². The van der Waals surface area contributed by atoms with E-state index in [1.54, 1.807) is 16.2 Å². The van der Waals surface area contributed by atoms with Crippen LogP contribution >= 0.6 is 11.3 Å². The standard InChI is InChI=1S/C22H21N3OS/c1-15-19(16(2)25(23-15)18-10-5-4-6-11-18)14-24(3)22(26)21-13-17-9-7-8-12-20(17)27-21/h4-13H,14H2,1-3H3. The normalized spacial score (nSPS) is 11.1. The first-order chi connectivity index (χ1) is 13.0. The van der Waals surface area contributed by atoms with Crippen molar-refractivity contribution in [2.24, 2.45) is 0 Å². The van der Waals surface area contributed by atoms with Crippen molar-refractivity contribution in [3.63, 3.8) is 0 Å². The predicted molar refractivity (Wildman–Crippen MR) is 111 cm³/mol. The average molecular weight is 375 g/mol. The van der Waals surface area contributed by atoms with Crippen molar-refractivity contribution >= 4 is 27.3 Å². The number of rotatable bonds is 4. The van der Waals surface area contributed by atoms with Crippen LogP contribution in [-0.2, 0) is 6.54 Å². The number of hydrogen-bond acceptors (Lipinski definition) is 3. The summed E-state index contributed by atoms with van der Waals surface area (Å²) in [6.07, 6.45) is 0. The van der Waals surface area contributed by atoms with Gasteiger partial charge in [-0.05, 0) is 43.5 Å². The van der Waals surface area contributed by atoms with Gasteiger partial charge in [0.15, 0.2) is 0 Å². The molecule has 0 bridgehead atoms. The Bertz CT molecular complexity index is 1080. The predicted octanol–water partition coefficient (Wildman–Crippen LogP) is 4.98. The lowest BCUT2D eigenvalue weighted by Crippen LogP contribution is -2.26. The fourth-order valence-electron chi connectivity index (χ4n) is 3.31. The van der Waals surface area contributed by atoms with E-state index in [1.165, 1.54) is 0 Å². The van der Waals surface area contributed by atoms with Crippen LogP contribution in [0.4, 0.5) is 0 Å². The lowest BCUT2D eigenvalue weighted by molar-refractivity contribution is 0.0789. The summed E-state index contributed by atoms with van der Waals surface area (Å²) in [7, 11) is 1.85. The van der Waals surface area contributed by atoms with Crippen molar-refractivity contribution < 1.29 is 4.79 Å². The molecule has 0 fully saturated rings. The molecule has 5 heteroatoms. The van der Waals surface area contributed by atoms with Gasteiger partial charge in [-0.15, -0.1) is 11.3 Å². The van der Waals surface area contributed by atoms with Crippen molar-refractivity contribution in [2.45, 2.75) is 20.4 Å². The molecule has 4 rings (SSSR count). The third-order valence-electron chi connectivity index (χ3n) is 4.82. The highest BCUT2D eigenvalue weighted by molar-refractivity contribution is 7.20. The molecule has 0 aliphatic carbocycles. The van der Waals surface area contributed by atoms with Gasteiger partial charge < -0.3 is 4.90 Å². The monoisotopic (exact) mass is 375 g/mol. The molecule has 0 spiro atoms. The summed E-state index contributed by atoms with van der Waals surface area (Å²) in [5.41, 5.74) is 4.14. The van der Waals surface area contributed by atoms with Gasteiger partial charge in [-0.1, -0.05) is 36.4 Å². The Morgan fingerprint density at radius 1 is 1.07 bits per heavy atom. The fraction of sp³-hybridized carbons (Fsp3) is 0.182. The molecule has 0 saturated carbocycles. The quantitative estimate of drug-likeness (QED) is 0.505. The van der Waals surface area contributed by atoms with E-state index in [9.17, 15) is 4.79 Å². The van der Waals surface area contributed by atoms with Crippen LogP contribution in [-0.4, -0.2) is 27.6 Å². The average Bonchev–Trinajstić information content (AvgIpc) is 3.24. The van der Waals surface area contributed by atoms with Crippen molar-refractivity contribution in [3.8, 4) is 5.69 Å². The Hall–Kier alpha value is -2.92. The molecule has 0 radical (unpaired) electrons. The maximum atomic E-state index is 12.9. The lowest BCUT2D eigenvalue weighted by Gasteiger charge is -2.16. The Morgan fingerprint density at radius 2 is 1.78 bits per heavy atom. The molecule has 1 amide bonds. The minimum atomic E-state index is 0.0439. The largest absolute Gasteiger partial charge is 0.337 e. The Labute approximate surface area is 162 Å². The summed E-state index contributed by atoms with van der Waals surface area (Å²) in [5.74, 6) is 0.0439. The molecule has 0 aliphatic rings. The van der Waals surface area contributed by atoms with Crippen LogP contribution in [0.1, 0.15) is 26.6 Å². The van der Waals surface area contributed by atoms with E-state index in [4.69, 9.17) is 0 Å². The summed E-state index contributed by atoms with van der Waals surface area (Å²) >= 11 is 1.54. The smallest absolute Gasteiger partial charge is 0.264 e. The first-order valence-electron chi connectivity index (χ1n) is 8.89. The number of amides is 1. The number of thiophene rings is 1. The highest BCUT2D eigenvalue weighted by Gasteiger charge is 2.19. The number of carbonyl (C=O) groups excluding carboxylic acids is 1. The van der Waals surface area contributed by atoms with Gasteiger partial charge in [0, 0.05) is 29.5 Å². The first-order valence-corrected chi connectivity index (χ1v) is 9.71. The van der Waals surface area contributed by atoms with Crippen LogP contribution < -0.4 is 0 Å². The van der Waals surface area contributed by atoms with Crippen LogP contribution in [0.5, 0.6) is 0 Å². The lowest BCUT2D eigenvalue weighted by atomic mass is 10.2. The zero-order valence-electron chi connectivity index (χ0n) is 15.6. The second-order valence-electron chi connectivity index (χ2n) is 6.71. The number of carbonyl (C=O) groups is 1. The topological polar surface area (TPSA) is 38.1 Å². The van der Waals surface area contributed by atoms with Crippen molar-refractivity contribution in [3.05, 3.63) is 82.5 Å². The van der Waals surface area contributed by atoms with Crippen molar-refractivity contribution in [2.75, 3.05) is 7.05 Å². The number of fused-ring (bicyclic) bond motifs is 1. The van der Waals surface area contributed by atoms with E-state index in [0.29, 0.717) is 6.54 Å². The molecule has 0 atom stereocenters. The molecule has 0 saturated heterocycles. The van der Waals surface area contributed by atoms with Gasteiger partial charge in [-0.25, -0.2) is 4.68 Å². The number of aromatic nitrogens is 2. The van der Waals surface area contributed by atoms with E-state index in [1.807, 2.05) is 73.3 Å². The molecular weight excluding hydrogens is 354 g/mol. The molecule has 0 aliphatic heterocycles. The zero-order chi connectivity index (χ0) is 19.0. The van der Waals surface area contributed by atoms with E-state index in [-0.39, 0.29) is 5.91 Å².